The summed E-state index contributed by atoms with van der Waals surface area (Å²) in [6.07, 6.45) is 1.04. The minimum Gasteiger partial charge on any atom is -0.456 e. The van der Waals surface area contributed by atoms with E-state index in [-0.39, 0.29) is 47.3 Å². The molecule has 0 saturated carbocycles. The van der Waals surface area contributed by atoms with Gasteiger partial charge in [0.05, 0.1) is 10.5 Å². The van der Waals surface area contributed by atoms with E-state index < -0.39 is 15.9 Å². The topological polar surface area (TPSA) is 95.3 Å². The summed E-state index contributed by atoms with van der Waals surface area (Å²) in [5, 5.41) is 11.9. The van der Waals surface area contributed by atoms with Crippen molar-refractivity contribution in [3.8, 4) is 17.6 Å². The summed E-state index contributed by atoms with van der Waals surface area (Å²) in [6, 6.07) is 10.8. The maximum Gasteiger partial charge on any atom is 0.263 e. The number of nitrogens with one attached hydrogen (secondary N) is 1. The van der Waals surface area contributed by atoms with Gasteiger partial charge in [0.25, 0.3) is 15.9 Å². The van der Waals surface area contributed by atoms with Crippen molar-refractivity contribution in [1.82, 2.24) is 9.88 Å². The van der Waals surface area contributed by atoms with E-state index in [0.717, 1.165) is 11.3 Å². The molecule has 178 valence electrons. The molecule has 12 heteroatoms. The van der Waals surface area contributed by atoms with Crippen LogP contribution < -0.4 is 9.46 Å². The van der Waals surface area contributed by atoms with Gasteiger partial charge >= 0.3 is 0 Å². The Balaban J connectivity index is 1.56. The molecule has 0 radical (unpaired) electrons. The normalized spacial score (nSPS) is 16.1. The fourth-order valence-corrected chi connectivity index (χ4v) is 5.48. The van der Waals surface area contributed by atoms with Crippen LogP contribution in [0.4, 0.5) is 13.9 Å². The van der Waals surface area contributed by atoms with Crippen LogP contribution in [0.3, 0.4) is 0 Å². The first kappa shape index (κ1) is 24.3. The predicted octanol–water partition coefficient (Wildman–Crippen LogP) is 5.49. The number of benzene rings is 2. The highest BCUT2D eigenvalue weighted by Crippen LogP contribution is 2.34. The molecule has 4 rings (SSSR count). The van der Waals surface area contributed by atoms with Gasteiger partial charge < -0.3 is 4.74 Å². The summed E-state index contributed by atoms with van der Waals surface area (Å²) < 4.78 is 60.6. The van der Waals surface area contributed by atoms with Crippen molar-refractivity contribution in [3.05, 3.63) is 64.1 Å². The van der Waals surface area contributed by atoms with E-state index in [2.05, 4.69) is 9.71 Å². The molecule has 0 atom stereocenters. The zero-order valence-corrected chi connectivity index (χ0v) is 20.1. The maximum absolute atomic E-state index is 13.5. The Bertz CT molecular complexity index is 1320. The second-order valence-electron chi connectivity index (χ2n) is 7.70. The van der Waals surface area contributed by atoms with Crippen LogP contribution in [-0.2, 0) is 16.6 Å². The molecule has 1 saturated heterocycles. The van der Waals surface area contributed by atoms with E-state index in [1.54, 1.807) is 23.6 Å². The summed E-state index contributed by atoms with van der Waals surface area (Å²) in [5.41, 5.74) is 0.685. The molecule has 0 spiro atoms. The van der Waals surface area contributed by atoms with Crippen LogP contribution in [0, 0.1) is 11.3 Å². The molecule has 34 heavy (non-hydrogen) atoms. The number of anilines is 1. The van der Waals surface area contributed by atoms with Gasteiger partial charge in [-0.1, -0.05) is 11.6 Å². The fraction of sp³-hybridized carbons (Fsp3) is 0.273. The molecule has 7 nitrogen and oxygen atoms in total. The molecule has 0 unspecified atom stereocenters. The number of nitrogens with zero attached hydrogens (tertiary/aromatic N) is 3. The second-order valence-corrected chi connectivity index (χ2v) is 10.7. The minimum atomic E-state index is -3.94. The van der Waals surface area contributed by atoms with E-state index >= 15 is 0 Å². The lowest BCUT2D eigenvalue weighted by Crippen LogP contribution is -2.38. The van der Waals surface area contributed by atoms with E-state index in [0.29, 0.717) is 22.9 Å². The van der Waals surface area contributed by atoms with E-state index in [9.17, 15) is 22.5 Å². The number of likely N-dealkylation sites (tertiary alicyclic amines) is 1. The van der Waals surface area contributed by atoms with Gasteiger partial charge in [0.15, 0.2) is 5.13 Å². The molecule has 3 aromatic rings. The number of alkyl halides is 2. The fourth-order valence-electron chi connectivity index (χ4n) is 3.47. The molecule has 0 amide bonds. The van der Waals surface area contributed by atoms with E-state index in [4.69, 9.17) is 16.3 Å². The van der Waals surface area contributed by atoms with Crippen molar-refractivity contribution in [2.75, 3.05) is 17.8 Å². The molecule has 1 aliphatic heterocycles. The Kier molecular flexibility index (Phi) is 7.04. The summed E-state index contributed by atoms with van der Waals surface area (Å²) in [6.45, 7) is 0.820. The third-order valence-corrected chi connectivity index (χ3v) is 7.65. The first-order valence-corrected chi connectivity index (χ1v) is 12.9. The third-order valence-electron chi connectivity index (χ3n) is 5.26. The molecule has 2 aromatic carbocycles. The van der Waals surface area contributed by atoms with E-state index in [1.807, 2.05) is 11.0 Å². The number of halogens is 3. The van der Waals surface area contributed by atoms with Crippen molar-refractivity contribution in [2.45, 2.75) is 30.2 Å². The Morgan fingerprint density at radius 3 is 2.62 bits per heavy atom. The van der Waals surface area contributed by atoms with Gasteiger partial charge in [-0.25, -0.2) is 22.2 Å². The van der Waals surface area contributed by atoms with Crippen LogP contribution in [0.25, 0.3) is 0 Å². The van der Waals surface area contributed by atoms with Crippen molar-refractivity contribution in [2.24, 2.45) is 0 Å². The Morgan fingerprint density at radius 1 is 1.21 bits per heavy atom. The van der Waals surface area contributed by atoms with Crippen LogP contribution in [0.5, 0.6) is 11.5 Å². The molecule has 1 aliphatic rings. The highest BCUT2D eigenvalue weighted by molar-refractivity contribution is 7.93. The number of hydrogen-bond acceptors (Lipinski definition) is 7. The number of aromatic nitrogens is 1. The molecular formula is C22H19ClF2N4O3S2. The number of thiazole rings is 1. The standard InChI is InChI=1S/C22H19ClF2N4O3S2/c23-17-1-3-20(16(11-17)14-29-8-5-22(24,25)6-9-29)32-19-4-2-18(12-15(19)13-26)34(30,31)28-21-27-7-10-33-21/h1-4,7,10-12H,5-6,8-9,14H2,(H,27,28). The van der Waals surface area contributed by atoms with Gasteiger partial charge in [0.2, 0.25) is 0 Å². The quantitative estimate of drug-likeness (QED) is 0.439. The van der Waals surface area contributed by atoms with Gasteiger partial charge in [0.1, 0.15) is 17.6 Å². The maximum atomic E-state index is 13.5. The first-order valence-electron chi connectivity index (χ1n) is 10.2. The average Bonchev–Trinajstić information content (AvgIpc) is 3.29. The zero-order valence-electron chi connectivity index (χ0n) is 17.7. The SMILES string of the molecule is N#Cc1cc(S(=O)(=O)Nc2nccs2)ccc1Oc1ccc(Cl)cc1CN1CCC(F)(F)CC1. The zero-order chi connectivity index (χ0) is 24.3. The molecule has 1 N–H and O–H groups in total. The number of rotatable bonds is 7. The molecule has 0 bridgehead atoms. The van der Waals surface area contributed by atoms with Crippen molar-refractivity contribution < 1.29 is 21.9 Å². The highest BCUT2D eigenvalue weighted by Gasteiger charge is 2.34. The van der Waals surface area contributed by atoms with Gasteiger partial charge in [0, 0.05) is 54.6 Å². The number of ether oxygens (including phenoxy) is 1. The number of nitriles is 1. The summed E-state index contributed by atoms with van der Waals surface area (Å²) in [5.74, 6) is -2.10. The van der Waals surface area contributed by atoms with Crippen molar-refractivity contribution >= 4 is 38.1 Å². The number of piperidine rings is 1. The van der Waals surface area contributed by atoms with Gasteiger partial charge in [-0.15, -0.1) is 11.3 Å². The highest BCUT2D eigenvalue weighted by atomic mass is 35.5. The molecular weight excluding hydrogens is 506 g/mol. The lowest BCUT2D eigenvalue weighted by Gasteiger charge is -2.32. The van der Waals surface area contributed by atoms with Gasteiger partial charge in [-0.05, 0) is 36.4 Å². The third kappa shape index (κ3) is 5.82. The average molecular weight is 525 g/mol. The Hall–Kier alpha value is -2.78. The summed E-state index contributed by atoms with van der Waals surface area (Å²) in [7, 11) is -3.94. The smallest absolute Gasteiger partial charge is 0.263 e. The lowest BCUT2D eigenvalue weighted by molar-refractivity contribution is -0.0567. The lowest BCUT2D eigenvalue weighted by atomic mass is 10.1. The monoisotopic (exact) mass is 524 g/mol. The molecule has 1 aromatic heterocycles. The number of sulfonamides is 1. The summed E-state index contributed by atoms with van der Waals surface area (Å²) in [4.78, 5) is 5.67. The van der Waals surface area contributed by atoms with Crippen LogP contribution in [0.1, 0.15) is 24.0 Å². The Labute approximate surface area is 204 Å². The minimum absolute atomic E-state index is 0.0144. The predicted molar refractivity (Wildman–Crippen MR) is 125 cm³/mol. The van der Waals surface area contributed by atoms with Crippen LogP contribution in [0.2, 0.25) is 5.02 Å². The molecule has 1 fully saturated rings. The van der Waals surface area contributed by atoms with Crippen molar-refractivity contribution in [1.29, 1.82) is 5.26 Å². The van der Waals surface area contributed by atoms with Crippen LogP contribution in [0.15, 0.2) is 52.9 Å². The molecule has 2 heterocycles. The largest absolute Gasteiger partial charge is 0.456 e. The van der Waals surface area contributed by atoms with Crippen molar-refractivity contribution in [3.63, 3.8) is 0 Å². The Morgan fingerprint density at radius 2 is 1.94 bits per heavy atom. The van der Waals surface area contributed by atoms with Gasteiger partial charge in [-0.2, -0.15) is 5.26 Å². The summed E-state index contributed by atoms with van der Waals surface area (Å²) >= 11 is 7.27. The molecule has 0 aliphatic carbocycles. The van der Waals surface area contributed by atoms with Gasteiger partial charge in [-0.3, -0.25) is 9.62 Å². The number of hydrogen-bond donors (Lipinski definition) is 1. The van der Waals surface area contributed by atoms with E-state index in [1.165, 1.54) is 24.4 Å². The first-order chi connectivity index (χ1) is 16.1. The van der Waals surface area contributed by atoms with Crippen LogP contribution in [-0.4, -0.2) is 37.3 Å². The second kappa shape index (κ2) is 9.84. The van der Waals surface area contributed by atoms with Crippen LogP contribution >= 0.6 is 22.9 Å².